The van der Waals surface area contributed by atoms with Crippen LogP contribution in [-0.4, -0.2) is 26.9 Å². The highest BCUT2D eigenvalue weighted by atomic mass is 32.2. The van der Waals surface area contributed by atoms with Crippen molar-refractivity contribution in [3.8, 4) is 5.75 Å². The average molecular weight is 327 g/mol. The molecule has 2 rings (SSSR count). The molecule has 0 saturated carbocycles. The lowest BCUT2D eigenvalue weighted by atomic mass is 10.2. The zero-order valence-electron chi connectivity index (χ0n) is 12.1. The molecule has 4 nitrogen and oxygen atoms in total. The van der Waals surface area contributed by atoms with E-state index in [2.05, 4.69) is 0 Å². The summed E-state index contributed by atoms with van der Waals surface area (Å²) in [6.07, 6.45) is 0. The minimum Gasteiger partial charge on any atom is -0.497 e. The van der Waals surface area contributed by atoms with Crippen molar-refractivity contribution in [2.24, 2.45) is 0 Å². The molecule has 0 radical (unpaired) electrons. The summed E-state index contributed by atoms with van der Waals surface area (Å²) in [7, 11) is -1.21. The second-order valence-electron chi connectivity index (χ2n) is 4.69. The lowest BCUT2D eigenvalue weighted by Crippen LogP contribution is -2.27. The minimum atomic E-state index is -4.05. The summed E-state index contributed by atoms with van der Waals surface area (Å²) in [6.45, 7) is 0.0380. The van der Waals surface area contributed by atoms with Crippen LogP contribution in [0.2, 0.25) is 0 Å². The van der Waals surface area contributed by atoms with Crippen molar-refractivity contribution in [1.82, 2.24) is 4.31 Å². The van der Waals surface area contributed by atoms with Crippen LogP contribution in [0.4, 0.5) is 8.78 Å². The molecule has 22 heavy (non-hydrogen) atoms. The van der Waals surface area contributed by atoms with E-state index in [4.69, 9.17) is 4.74 Å². The molecular weight excluding hydrogens is 312 g/mol. The molecule has 0 heterocycles. The van der Waals surface area contributed by atoms with Gasteiger partial charge < -0.3 is 4.74 Å². The fourth-order valence-corrected chi connectivity index (χ4v) is 3.17. The molecule has 0 aliphatic carbocycles. The summed E-state index contributed by atoms with van der Waals surface area (Å²) >= 11 is 0. The van der Waals surface area contributed by atoms with E-state index in [1.165, 1.54) is 14.2 Å². The van der Waals surface area contributed by atoms with Crippen LogP contribution in [0.15, 0.2) is 47.4 Å². The normalized spacial score (nSPS) is 11.7. The van der Waals surface area contributed by atoms with Crippen molar-refractivity contribution in [3.63, 3.8) is 0 Å². The Bertz CT molecular complexity index is 778. The Labute approximate surface area is 128 Å². The van der Waals surface area contributed by atoms with Crippen molar-refractivity contribution >= 4 is 10.0 Å². The number of methoxy groups -OCH3 is 1. The number of hydrogen-bond acceptors (Lipinski definition) is 3. The Kier molecular flexibility index (Phi) is 4.77. The molecule has 0 aromatic heterocycles. The molecule has 0 N–H and O–H groups in total. The van der Waals surface area contributed by atoms with Gasteiger partial charge in [0.2, 0.25) is 10.0 Å². The molecule has 118 valence electrons. The number of ether oxygens (including phenoxy) is 1. The van der Waals surface area contributed by atoms with Crippen LogP contribution >= 0.6 is 0 Å². The molecule has 0 aliphatic rings. The summed E-state index contributed by atoms with van der Waals surface area (Å²) in [5.41, 5.74) is 0.688. The van der Waals surface area contributed by atoms with Gasteiger partial charge >= 0.3 is 0 Å². The Morgan fingerprint density at radius 3 is 2.50 bits per heavy atom. The van der Waals surface area contributed by atoms with Gasteiger partial charge in [-0.25, -0.2) is 17.2 Å². The first kappa shape index (κ1) is 16.4. The molecule has 0 bridgehead atoms. The van der Waals surface area contributed by atoms with Crippen molar-refractivity contribution in [1.29, 1.82) is 0 Å². The first-order valence-corrected chi connectivity index (χ1v) is 7.83. The first-order valence-electron chi connectivity index (χ1n) is 6.39. The molecule has 0 fully saturated rings. The maximum atomic E-state index is 13.7. The van der Waals surface area contributed by atoms with Crippen LogP contribution in [-0.2, 0) is 16.6 Å². The summed E-state index contributed by atoms with van der Waals surface area (Å²) < 4.78 is 57.4. The van der Waals surface area contributed by atoms with Gasteiger partial charge in [-0.15, -0.1) is 0 Å². The van der Waals surface area contributed by atoms with Crippen molar-refractivity contribution in [2.75, 3.05) is 14.2 Å². The van der Waals surface area contributed by atoms with Crippen LogP contribution in [0.25, 0.3) is 0 Å². The minimum absolute atomic E-state index is 0.0380. The summed E-state index contributed by atoms with van der Waals surface area (Å²) in [6, 6.07) is 9.26. The Balaban J connectivity index is 2.28. The van der Waals surface area contributed by atoms with Gasteiger partial charge in [-0.3, -0.25) is 0 Å². The van der Waals surface area contributed by atoms with E-state index >= 15 is 0 Å². The maximum Gasteiger partial charge on any atom is 0.246 e. The van der Waals surface area contributed by atoms with Crippen LogP contribution < -0.4 is 4.74 Å². The highest BCUT2D eigenvalue weighted by Gasteiger charge is 2.24. The summed E-state index contributed by atoms with van der Waals surface area (Å²) in [4.78, 5) is -0.556. The Morgan fingerprint density at radius 1 is 1.14 bits per heavy atom. The third-order valence-corrected chi connectivity index (χ3v) is 4.96. The zero-order chi connectivity index (χ0) is 16.3. The molecule has 0 atom stereocenters. The molecule has 0 spiro atoms. The second-order valence-corrected chi connectivity index (χ2v) is 6.70. The van der Waals surface area contributed by atoms with Gasteiger partial charge in [-0.1, -0.05) is 12.1 Å². The molecule has 0 saturated heterocycles. The van der Waals surface area contributed by atoms with E-state index in [-0.39, 0.29) is 6.54 Å². The van der Waals surface area contributed by atoms with Gasteiger partial charge in [-0.2, -0.15) is 4.31 Å². The molecular formula is C15H15F2NO3S. The predicted molar refractivity (Wildman–Crippen MR) is 78.0 cm³/mol. The second kappa shape index (κ2) is 6.41. The number of sulfonamides is 1. The zero-order valence-corrected chi connectivity index (χ0v) is 12.9. The topological polar surface area (TPSA) is 46.6 Å². The maximum absolute atomic E-state index is 13.7. The van der Waals surface area contributed by atoms with E-state index in [0.717, 1.165) is 16.4 Å². The Morgan fingerprint density at radius 2 is 1.86 bits per heavy atom. The summed E-state index contributed by atoms with van der Waals surface area (Å²) in [5, 5.41) is 0. The fraction of sp³-hybridized carbons (Fsp3) is 0.200. The molecule has 0 unspecified atom stereocenters. The average Bonchev–Trinajstić information content (AvgIpc) is 2.47. The smallest absolute Gasteiger partial charge is 0.246 e. The van der Waals surface area contributed by atoms with E-state index < -0.39 is 26.6 Å². The standard InChI is InChI=1S/C15H15F2NO3S/c1-18(10-11-4-3-5-13(8-11)21-2)22(19,20)15-7-6-12(16)9-14(15)17/h3-9H,10H2,1-2H3. The van der Waals surface area contributed by atoms with Crippen molar-refractivity contribution in [2.45, 2.75) is 11.4 Å². The van der Waals surface area contributed by atoms with Gasteiger partial charge in [0.1, 0.15) is 22.3 Å². The number of halogens is 2. The number of nitrogens with zero attached hydrogens (tertiary/aromatic N) is 1. The lowest BCUT2D eigenvalue weighted by Gasteiger charge is -2.18. The molecule has 0 amide bonds. The van der Waals surface area contributed by atoms with Gasteiger partial charge in [0.25, 0.3) is 0 Å². The largest absolute Gasteiger partial charge is 0.497 e. The molecule has 7 heteroatoms. The highest BCUT2D eigenvalue weighted by Crippen LogP contribution is 2.21. The third-order valence-electron chi connectivity index (χ3n) is 3.12. The monoisotopic (exact) mass is 327 g/mol. The van der Waals surface area contributed by atoms with Gasteiger partial charge in [0, 0.05) is 19.7 Å². The van der Waals surface area contributed by atoms with E-state index in [0.29, 0.717) is 17.4 Å². The molecule has 2 aromatic carbocycles. The van der Waals surface area contributed by atoms with Gasteiger partial charge in [0.05, 0.1) is 7.11 Å². The summed E-state index contributed by atoms with van der Waals surface area (Å²) in [5.74, 6) is -1.35. The van der Waals surface area contributed by atoms with Gasteiger partial charge in [0.15, 0.2) is 0 Å². The number of benzene rings is 2. The first-order chi connectivity index (χ1) is 10.3. The number of hydrogen-bond donors (Lipinski definition) is 0. The van der Waals surface area contributed by atoms with E-state index in [1.807, 2.05) is 0 Å². The molecule has 2 aromatic rings. The highest BCUT2D eigenvalue weighted by molar-refractivity contribution is 7.89. The SMILES string of the molecule is COc1cccc(CN(C)S(=O)(=O)c2ccc(F)cc2F)c1. The van der Waals surface area contributed by atoms with Crippen LogP contribution in [0, 0.1) is 11.6 Å². The quantitative estimate of drug-likeness (QED) is 0.848. The molecule has 0 aliphatic heterocycles. The van der Waals surface area contributed by atoms with Crippen LogP contribution in [0.5, 0.6) is 5.75 Å². The number of rotatable bonds is 5. The van der Waals surface area contributed by atoms with E-state index in [9.17, 15) is 17.2 Å². The van der Waals surface area contributed by atoms with E-state index in [1.54, 1.807) is 24.3 Å². The Hall–Kier alpha value is -1.99. The van der Waals surface area contributed by atoms with Gasteiger partial charge in [-0.05, 0) is 29.8 Å². The van der Waals surface area contributed by atoms with Crippen LogP contribution in [0.1, 0.15) is 5.56 Å². The van der Waals surface area contributed by atoms with Crippen molar-refractivity contribution in [3.05, 3.63) is 59.7 Å². The van der Waals surface area contributed by atoms with Crippen molar-refractivity contribution < 1.29 is 21.9 Å². The van der Waals surface area contributed by atoms with Crippen LogP contribution in [0.3, 0.4) is 0 Å². The lowest BCUT2D eigenvalue weighted by molar-refractivity contribution is 0.412. The predicted octanol–water partition coefficient (Wildman–Crippen LogP) is 2.79. The fourth-order valence-electron chi connectivity index (χ4n) is 1.97. The third kappa shape index (κ3) is 3.42.